The molecule has 0 bridgehead atoms. The van der Waals surface area contributed by atoms with Crippen molar-refractivity contribution in [2.24, 2.45) is 11.5 Å². The summed E-state index contributed by atoms with van der Waals surface area (Å²) in [6.07, 6.45) is 0.214. The van der Waals surface area contributed by atoms with Gasteiger partial charge in [-0.2, -0.15) is 0 Å². The first-order valence-electron chi connectivity index (χ1n) is 3.52. The van der Waals surface area contributed by atoms with Crippen molar-refractivity contribution < 1.29 is 14.7 Å². The molecule has 0 aromatic rings. The van der Waals surface area contributed by atoms with E-state index in [9.17, 15) is 9.59 Å². The molecule has 0 aliphatic carbocycles. The number of rotatable bonds is 6. The number of aliphatic carboxylic acids is 1. The highest BCUT2D eigenvalue weighted by Gasteiger charge is 2.15. The zero-order valence-electron chi connectivity index (χ0n) is 6.62. The van der Waals surface area contributed by atoms with Gasteiger partial charge in [0.05, 0.1) is 0 Å². The van der Waals surface area contributed by atoms with Gasteiger partial charge in [0.2, 0.25) is 5.91 Å². The molecule has 1 atom stereocenters. The van der Waals surface area contributed by atoms with E-state index >= 15 is 0 Å². The summed E-state index contributed by atoms with van der Waals surface area (Å²) in [5, 5.41) is 11.1. The SMILES string of the molecule is NCN[C@@H](CCC(N)=O)C(=O)O. The molecule has 6 heteroatoms. The molecule has 6 N–H and O–H groups in total. The second-order valence-corrected chi connectivity index (χ2v) is 2.30. The van der Waals surface area contributed by atoms with Crippen LogP contribution in [0.4, 0.5) is 0 Å². The Morgan fingerprint density at radius 2 is 2.08 bits per heavy atom. The molecular formula is C6H13N3O3. The molecule has 0 saturated carbocycles. The molecule has 0 radical (unpaired) electrons. The third kappa shape index (κ3) is 4.64. The highest BCUT2D eigenvalue weighted by Crippen LogP contribution is 1.95. The molecule has 0 aromatic carbocycles. The molecule has 0 aromatic heterocycles. The minimum atomic E-state index is -1.03. The predicted octanol–water partition coefficient (Wildman–Crippen LogP) is -1.79. The lowest BCUT2D eigenvalue weighted by atomic mass is 10.1. The number of hydrogen-bond donors (Lipinski definition) is 4. The molecule has 6 nitrogen and oxygen atoms in total. The Bertz CT molecular complexity index is 171. The van der Waals surface area contributed by atoms with E-state index in [0.29, 0.717) is 0 Å². The standard InChI is InChI=1S/C6H13N3O3/c7-3-9-4(6(11)12)1-2-5(8)10/h4,9H,1-3,7H2,(H2,8,10)(H,11,12)/t4-/m0/s1. The molecular weight excluding hydrogens is 162 g/mol. The molecule has 0 fully saturated rings. The number of nitrogens with two attached hydrogens (primary N) is 2. The van der Waals surface area contributed by atoms with Gasteiger partial charge in [-0.05, 0) is 6.42 Å². The van der Waals surface area contributed by atoms with E-state index in [4.69, 9.17) is 16.6 Å². The normalized spacial score (nSPS) is 12.4. The molecule has 0 aliphatic heterocycles. The number of nitrogens with one attached hydrogen (secondary N) is 1. The quantitative estimate of drug-likeness (QED) is 0.355. The third-order valence-corrected chi connectivity index (χ3v) is 1.34. The zero-order chi connectivity index (χ0) is 9.56. The highest BCUT2D eigenvalue weighted by molar-refractivity contribution is 5.77. The molecule has 0 saturated heterocycles. The van der Waals surface area contributed by atoms with Crippen molar-refractivity contribution in [1.82, 2.24) is 5.32 Å². The van der Waals surface area contributed by atoms with E-state index in [0.717, 1.165) is 0 Å². The number of carboxylic acids is 1. The predicted molar refractivity (Wildman–Crippen MR) is 42.0 cm³/mol. The van der Waals surface area contributed by atoms with Crippen LogP contribution < -0.4 is 16.8 Å². The van der Waals surface area contributed by atoms with Gasteiger partial charge in [-0.25, -0.2) is 0 Å². The summed E-state index contributed by atoms with van der Waals surface area (Å²) in [6, 6.07) is -0.789. The lowest BCUT2D eigenvalue weighted by Crippen LogP contribution is -2.40. The van der Waals surface area contributed by atoms with E-state index in [2.05, 4.69) is 5.32 Å². The van der Waals surface area contributed by atoms with Crippen LogP contribution in [-0.4, -0.2) is 29.7 Å². The summed E-state index contributed by atoms with van der Waals surface area (Å²) in [7, 11) is 0. The minimum absolute atomic E-state index is 0.0456. The molecule has 12 heavy (non-hydrogen) atoms. The number of amides is 1. The number of primary amides is 1. The first-order valence-corrected chi connectivity index (χ1v) is 3.52. The van der Waals surface area contributed by atoms with Gasteiger partial charge < -0.3 is 16.6 Å². The van der Waals surface area contributed by atoms with Crippen LogP contribution in [0.15, 0.2) is 0 Å². The van der Waals surface area contributed by atoms with Gasteiger partial charge in [0.1, 0.15) is 6.04 Å². The molecule has 0 unspecified atom stereocenters. The highest BCUT2D eigenvalue weighted by atomic mass is 16.4. The van der Waals surface area contributed by atoms with Gasteiger partial charge >= 0.3 is 5.97 Å². The van der Waals surface area contributed by atoms with Crippen molar-refractivity contribution >= 4 is 11.9 Å². The van der Waals surface area contributed by atoms with Crippen LogP contribution in [0.1, 0.15) is 12.8 Å². The van der Waals surface area contributed by atoms with Crippen molar-refractivity contribution in [2.45, 2.75) is 18.9 Å². The summed E-state index contributed by atoms with van der Waals surface area (Å²) in [4.78, 5) is 20.7. The monoisotopic (exact) mass is 175 g/mol. The van der Waals surface area contributed by atoms with Crippen molar-refractivity contribution in [3.05, 3.63) is 0 Å². The molecule has 70 valence electrons. The van der Waals surface area contributed by atoms with E-state index < -0.39 is 17.9 Å². The summed E-state index contributed by atoms with van der Waals surface area (Å²) < 4.78 is 0. The van der Waals surface area contributed by atoms with Gasteiger partial charge in [0.15, 0.2) is 0 Å². The summed E-state index contributed by atoms with van der Waals surface area (Å²) in [5.74, 6) is -1.54. The fraction of sp³-hybridized carbons (Fsp3) is 0.667. The van der Waals surface area contributed by atoms with Crippen LogP contribution in [0.5, 0.6) is 0 Å². The molecule has 0 rings (SSSR count). The third-order valence-electron chi connectivity index (χ3n) is 1.34. The summed E-state index contributed by atoms with van der Waals surface area (Å²) in [6.45, 7) is 0.0652. The van der Waals surface area contributed by atoms with E-state index in [1.54, 1.807) is 0 Å². The van der Waals surface area contributed by atoms with Crippen molar-refractivity contribution in [3.63, 3.8) is 0 Å². The van der Waals surface area contributed by atoms with Gasteiger partial charge in [0.25, 0.3) is 0 Å². The van der Waals surface area contributed by atoms with Crippen LogP contribution >= 0.6 is 0 Å². The molecule has 0 spiro atoms. The van der Waals surface area contributed by atoms with Crippen molar-refractivity contribution in [3.8, 4) is 0 Å². The van der Waals surface area contributed by atoms with Crippen LogP contribution in [0.25, 0.3) is 0 Å². The molecule has 1 amide bonds. The second kappa shape index (κ2) is 5.50. The lowest BCUT2D eigenvalue weighted by Gasteiger charge is -2.10. The maximum atomic E-state index is 10.4. The Morgan fingerprint density at radius 3 is 2.42 bits per heavy atom. The maximum Gasteiger partial charge on any atom is 0.320 e. The van der Waals surface area contributed by atoms with Crippen LogP contribution in [-0.2, 0) is 9.59 Å². The second-order valence-electron chi connectivity index (χ2n) is 2.30. The first-order chi connectivity index (χ1) is 5.57. The zero-order valence-corrected chi connectivity index (χ0v) is 6.62. The first kappa shape index (κ1) is 10.9. The Morgan fingerprint density at radius 1 is 1.50 bits per heavy atom. The number of carbonyl (C=O) groups excluding carboxylic acids is 1. The average molecular weight is 175 g/mol. The number of carbonyl (C=O) groups is 2. The van der Waals surface area contributed by atoms with E-state index in [1.807, 2.05) is 0 Å². The smallest absolute Gasteiger partial charge is 0.320 e. The Labute approximate surface area is 69.9 Å². The summed E-state index contributed by atoms with van der Waals surface area (Å²) >= 11 is 0. The number of hydrogen-bond acceptors (Lipinski definition) is 4. The largest absolute Gasteiger partial charge is 0.480 e. The van der Waals surface area contributed by atoms with E-state index in [-0.39, 0.29) is 19.5 Å². The fourth-order valence-corrected chi connectivity index (χ4v) is 0.742. The van der Waals surface area contributed by atoms with Gasteiger partial charge in [-0.15, -0.1) is 0 Å². The van der Waals surface area contributed by atoms with Gasteiger partial charge in [-0.3, -0.25) is 14.9 Å². The van der Waals surface area contributed by atoms with Crippen molar-refractivity contribution in [1.29, 1.82) is 0 Å². The lowest BCUT2D eigenvalue weighted by molar-refractivity contribution is -0.139. The average Bonchev–Trinajstić information content (AvgIpc) is 1.96. The van der Waals surface area contributed by atoms with Crippen LogP contribution in [0.2, 0.25) is 0 Å². The molecule has 0 aliphatic rings. The maximum absolute atomic E-state index is 10.4. The Balaban J connectivity index is 3.79. The van der Waals surface area contributed by atoms with Crippen LogP contribution in [0, 0.1) is 0 Å². The van der Waals surface area contributed by atoms with Crippen LogP contribution in [0.3, 0.4) is 0 Å². The fourth-order valence-electron chi connectivity index (χ4n) is 0.742. The topological polar surface area (TPSA) is 118 Å². The Hall–Kier alpha value is -1.14. The van der Waals surface area contributed by atoms with Crippen molar-refractivity contribution in [2.75, 3.05) is 6.67 Å². The van der Waals surface area contributed by atoms with Gasteiger partial charge in [0, 0.05) is 13.1 Å². The molecule has 0 heterocycles. The summed E-state index contributed by atoms with van der Waals surface area (Å²) in [5.41, 5.74) is 9.93. The van der Waals surface area contributed by atoms with E-state index in [1.165, 1.54) is 0 Å². The number of carboxylic acid groups (broad SMARTS) is 1. The van der Waals surface area contributed by atoms with Gasteiger partial charge in [-0.1, -0.05) is 0 Å². The minimum Gasteiger partial charge on any atom is -0.480 e. The Kier molecular flexibility index (Phi) is 4.98.